The molecule has 0 aliphatic heterocycles. The van der Waals surface area contributed by atoms with E-state index >= 15 is 0 Å². The average Bonchev–Trinajstić information content (AvgIpc) is 2.91. The molecule has 0 unspecified atom stereocenters. The number of hydrogen-bond donors (Lipinski definition) is 2. The summed E-state index contributed by atoms with van der Waals surface area (Å²) in [7, 11) is -2.00. The molecule has 0 radical (unpaired) electrons. The molecule has 0 saturated heterocycles. The zero-order valence-corrected chi connectivity index (χ0v) is 13.0. The van der Waals surface area contributed by atoms with Gasteiger partial charge in [0, 0.05) is 5.69 Å². The Labute approximate surface area is 126 Å². The molecule has 8 heteroatoms. The van der Waals surface area contributed by atoms with E-state index in [2.05, 4.69) is 10.0 Å². The fourth-order valence-corrected chi connectivity index (χ4v) is 2.84. The minimum atomic E-state index is -3.44. The lowest BCUT2D eigenvalue weighted by Crippen LogP contribution is -2.13. The first-order chi connectivity index (χ1) is 9.89. The van der Waals surface area contributed by atoms with Gasteiger partial charge >= 0.3 is 0 Å². The molecule has 1 amide bonds. The van der Waals surface area contributed by atoms with Crippen LogP contribution < -0.4 is 14.8 Å². The number of carbonyl (C=O) groups is 1. The van der Waals surface area contributed by atoms with Crippen molar-refractivity contribution in [3.8, 4) is 5.75 Å². The zero-order chi connectivity index (χ0) is 15.5. The molecule has 1 aromatic carbocycles. The molecule has 2 aromatic rings. The van der Waals surface area contributed by atoms with E-state index < -0.39 is 10.0 Å². The second-order valence-corrected chi connectivity index (χ2v) is 6.92. The number of ether oxygens (including phenoxy) is 1. The lowest BCUT2D eigenvalue weighted by atomic mass is 10.2. The van der Waals surface area contributed by atoms with Gasteiger partial charge in [-0.1, -0.05) is 6.07 Å². The number of amides is 1. The number of benzene rings is 1. The Balaban J connectivity index is 2.25. The lowest BCUT2D eigenvalue weighted by Gasteiger charge is -2.12. The van der Waals surface area contributed by atoms with E-state index in [1.54, 1.807) is 29.6 Å². The molecule has 0 spiro atoms. The van der Waals surface area contributed by atoms with Gasteiger partial charge in [0.05, 0.1) is 23.9 Å². The molecule has 1 heterocycles. The molecule has 21 heavy (non-hydrogen) atoms. The quantitative estimate of drug-likeness (QED) is 0.883. The molecular formula is C13H14N2O4S2. The van der Waals surface area contributed by atoms with Gasteiger partial charge in [-0.2, -0.15) is 0 Å². The van der Waals surface area contributed by atoms with E-state index in [1.807, 2.05) is 0 Å². The van der Waals surface area contributed by atoms with Gasteiger partial charge in [0.1, 0.15) is 5.75 Å². The highest BCUT2D eigenvalue weighted by Crippen LogP contribution is 2.28. The first-order valence-corrected chi connectivity index (χ1v) is 8.67. The van der Waals surface area contributed by atoms with Crippen LogP contribution in [0.5, 0.6) is 5.75 Å². The minimum Gasteiger partial charge on any atom is -0.495 e. The molecule has 0 fully saturated rings. The van der Waals surface area contributed by atoms with E-state index in [0.717, 1.165) is 6.26 Å². The van der Waals surface area contributed by atoms with E-state index in [-0.39, 0.29) is 11.6 Å². The van der Waals surface area contributed by atoms with Gasteiger partial charge in [-0.05, 0) is 29.6 Å². The van der Waals surface area contributed by atoms with Crippen molar-refractivity contribution in [1.82, 2.24) is 0 Å². The zero-order valence-electron chi connectivity index (χ0n) is 11.4. The molecular weight excluding hydrogens is 312 g/mol. The molecule has 0 aliphatic rings. The number of sulfonamides is 1. The van der Waals surface area contributed by atoms with Crippen LogP contribution >= 0.6 is 11.3 Å². The molecule has 0 bridgehead atoms. The summed E-state index contributed by atoms with van der Waals surface area (Å²) in [6.07, 6.45) is 1.04. The first-order valence-electron chi connectivity index (χ1n) is 5.90. The van der Waals surface area contributed by atoms with Gasteiger partial charge in [-0.25, -0.2) is 8.42 Å². The van der Waals surface area contributed by atoms with Crippen molar-refractivity contribution in [2.24, 2.45) is 0 Å². The van der Waals surface area contributed by atoms with E-state index in [4.69, 9.17) is 4.74 Å². The number of thiophene rings is 1. The van der Waals surface area contributed by atoms with E-state index in [0.29, 0.717) is 16.3 Å². The van der Waals surface area contributed by atoms with Crippen molar-refractivity contribution in [3.63, 3.8) is 0 Å². The Morgan fingerprint density at radius 1 is 1.29 bits per heavy atom. The molecule has 1 aromatic heterocycles. The summed E-state index contributed by atoms with van der Waals surface area (Å²) in [6, 6.07) is 8.21. The van der Waals surface area contributed by atoms with Gasteiger partial charge < -0.3 is 10.1 Å². The van der Waals surface area contributed by atoms with Crippen LogP contribution in [0.25, 0.3) is 0 Å². The summed E-state index contributed by atoms with van der Waals surface area (Å²) in [6.45, 7) is 0. The molecule has 2 N–H and O–H groups in total. The summed E-state index contributed by atoms with van der Waals surface area (Å²) in [5.41, 5.74) is 0.740. The summed E-state index contributed by atoms with van der Waals surface area (Å²) in [5, 5.41) is 4.51. The summed E-state index contributed by atoms with van der Waals surface area (Å²) in [5.74, 6) is 0.120. The third kappa shape index (κ3) is 4.20. The third-order valence-electron chi connectivity index (χ3n) is 2.50. The SMILES string of the molecule is COc1ccc(NC(=O)c2cccs2)cc1NS(C)(=O)=O. The van der Waals surface area contributed by atoms with E-state index in [9.17, 15) is 13.2 Å². The maximum atomic E-state index is 12.0. The predicted molar refractivity (Wildman–Crippen MR) is 83.7 cm³/mol. The van der Waals surface area contributed by atoms with Crippen LogP contribution in [0, 0.1) is 0 Å². The maximum Gasteiger partial charge on any atom is 0.265 e. The molecule has 0 saturated carbocycles. The van der Waals surface area contributed by atoms with Crippen LogP contribution in [0.3, 0.4) is 0 Å². The molecule has 2 rings (SSSR count). The van der Waals surface area contributed by atoms with Crippen molar-refractivity contribution in [2.75, 3.05) is 23.4 Å². The van der Waals surface area contributed by atoms with Crippen LogP contribution in [-0.2, 0) is 10.0 Å². The fourth-order valence-electron chi connectivity index (χ4n) is 1.67. The van der Waals surface area contributed by atoms with Crippen molar-refractivity contribution in [2.45, 2.75) is 0 Å². The number of nitrogens with one attached hydrogen (secondary N) is 2. The smallest absolute Gasteiger partial charge is 0.265 e. The number of methoxy groups -OCH3 is 1. The van der Waals surface area contributed by atoms with Crippen molar-refractivity contribution in [3.05, 3.63) is 40.6 Å². The first kappa shape index (κ1) is 15.3. The van der Waals surface area contributed by atoms with Gasteiger partial charge in [0.2, 0.25) is 10.0 Å². The minimum absolute atomic E-state index is 0.250. The Morgan fingerprint density at radius 3 is 2.62 bits per heavy atom. The van der Waals surface area contributed by atoms with Crippen LogP contribution in [0.15, 0.2) is 35.7 Å². The monoisotopic (exact) mass is 326 g/mol. The highest BCUT2D eigenvalue weighted by atomic mass is 32.2. The number of anilines is 2. The number of rotatable bonds is 5. The normalized spacial score (nSPS) is 11.0. The highest BCUT2D eigenvalue weighted by molar-refractivity contribution is 7.92. The Bertz CT molecular complexity index is 740. The Hall–Kier alpha value is -2.06. The molecule has 0 atom stereocenters. The summed E-state index contributed by atoms with van der Waals surface area (Å²) < 4.78 is 30.1. The third-order valence-corrected chi connectivity index (χ3v) is 3.96. The summed E-state index contributed by atoms with van der Waals surface area (Å²) >= 11 is 1.32. The Morgan fingerprint density at radius 2 is 2.05 bits per heavy atom. The van der Waals surface area contributed by atoms with Crippen LogP contribution in [-0.4, -0.2) is 27.7 Å². The summed E-state index contributed by atoms with van der Waals surface area (Å²) in [4.78, 5) is 12.5. The van der Waals surface area contributed by atoms with Crippen LogP contribution in [0.2, 0.25) is 0 Å². The molecule has 0 aliphatic carbocycles. The van der Waals surface area contributed by atoms with Gasteiger partial charge in [-0.3, -0.25) is 9.52 Å². The molecule has 6 nitrogen and oxygen atoms in total. The van der Waals surface area contributed by atoms with Crippen LogP contribution in [0.1, 0.15) is 9.67 Å². The second-order valence-electron chi connectivity index (χ2n) is 4.22. The van der Waals surface area contributed by atoms with Gasteiger partial charge in [-0.15, -0.1) is 11.3 Å². The second kappa shape index (κ2) is 6.15. The van der Waals surface area contributed by atoms with Gasteiger partial charge in [0.15, 0.2) is 0 Å². The van der Waals surface area contributed by atoms with Crippen molar-refractivity contribution in [1.29, 1.82) is 0 Å². The Kier molecular flexibility index (Phi) is 4.49. The standard InChI is InChI=1S/C13H14N2O4S2/c1-19-11-6-5-9(8-10(11)15-21(2,17)18)14-13(16)12-4-3-7-20-12/h3-8,15H,1-2H3,(H,14,16). The van der Waals surface area contributed by atoms with Gasteiger partial charge in [0.25, 0.3) is 5.91 Å². The maximum absolute atomic E-state index is 12.0. The number of hydrogen-bond acceptors (Lipinski definition) is 5. The number of carbonyl (C=O) groups excluding carboxylic acids is 1. The largest absolute Gasteiger partial charge is 0.495 e. The fraction of sp³-hybridized carbons (Fsp3) is 0.154. The predicted octanol–water partition coefficient (Wildman–Crippen LogP) is 2.38. The van der Waals surface area contributed by atoms with Crippen molar-refractivity contribution < 1.29 is 17.9 Å². The van der Waals surface area contributed by atoms with Crippen molar-refractivity contribution >= 4 is 38.6 Å². The lowest BCUT2D eigenvalue weighted by molar-refractivity contribution is 0.103. The highest BCUT2D eigenvalue weighted by Gasteiger charge is 2.12. The van der Waals surface area contributed by atoms with Crippen LogP contribution in [0.4, 0.5) is 11.4 Å². The molecule has 112 valence electrons. The topological polar surface area (TPSA) is 84.5 Å². The average molecular weight is 326 g/mol. The van der Waals surface area contributed by atoms with E-state index in [1.165, 1.54) is 24.5 Å².